The Balaban J connectivity index is 1.54. The molecule has 1 aliphatic heterocycles. The molecule has 0 saturated carbocycles. The number of hydrogen-bond acceptors (Lipinski definition) is 6. The van der Waals surface area contributed by atoms with Gasteiger partial charge < -0.3 is 10.6 Å². The molecule has 0 bridgehead atoms. The van der Waals surface area contributed by atoms with Gasteiger partial charge >= 0.3 is 0 Å². The Labute approximate surface area is 195 Å². The van der Waals surface area contributed by atoms with Crippen molar-refractivity contribution in [2.75, 3.05) is 17.6 Å². The van der Waals surface area contributed by atoms with Gasteiger partial charge in [-0.3, -0.25) is 14.9 Å². The van der Waals surface area contributed by atoms with E-state index in [2.05, 4.69) is 22.9 Å². The summed E-state index contributed by atoms with van der Waals surface area (Å²) in [5, 5.41) is 6.40. The summed E-state index contributed by atoms with van der Waals surface area (Å²) in [6.07, 6.45) is 2.91. The molecule has 33 heavy (non-hydrogen) atoms. The van der Waals surface area contributed by atoms with Gasteiger partial charge in [-0.1, -0.05) is 25.5 Å². The quantitative estimate of drug-likeness (QED) is 0.492. The third-order valence-electron chi connectivity index (χ3n) is 5.08. The number of nitrogens with one attached hydrogen (secondary N) is 3. The van der Waals surface area contributed by atoms with Gasteiger partial charge in [-0.2, -0.15) is 0 Å². The van der Waals surface area contributed by atoms with Crippen LogP contribution >= 0.6 is 11.8 Å². The minimum atomic E-state index is -3.89. The lowest BCUT2D eigenvalue weighted by Gasteiger charge is -2.29. The monoisotopic (exact) mass is 497 g/mol. The second-order valence-electron chi connectivity index (χ2n) is 7.56. The molecule has 0 spiro atoms. The summed E-state index contributed by atoms with van der Waals surface area (Å²) in [5.41, 5.74) is 0.0477. The summed E-state index contributed by atoms with van der Waals surface area (Å²) in [4.78, 5) is 24.6. The van der Waals surface area contributed by atoms with Gasteiger partial charge in [0.25, 0.3) is 0 Å². The molecule has 3 rings (SSSR count). The fraction of sp³-hybridized carbons (Fsp3) is 0.364. The zero-order valence-electron chi connectivity index (χ0n) is 17.9. The molecule has 2 atom stereocenters. The first-order valence-corrected chi connectivity index (χ1v) is 13.0. The predicted octanol–water partition coefficient (Wildman–Crippen LogP) is 2.82. The van der Waals surface area contributed by atoms with Crippen molar-refractivity contribution in [3.8, 4) is 0 Å². The smallest absolute Gasteiger partial charge is 0.241 e. The molecule has 1 aliphatic rings. The van der Waals surface area contributed by atoms with Crippen LogP contribution in [0.2, 0.25) is 0 Å². The third-order valence-corrected chi connectivity index (χ3v) is 8.19. The molecule has 11 heteroatoms. The maximum Gasteiger partial charge on any atom is 0.241 e. The van der Waals surface area contributed by atoms with Crippen molar-refractivity contribution in [2.24, 2.45) is 0 Å². The standard InChI is InChI=1S/C22H25F2N3O4S2/c1-2-3-4-14-5-8-16(9-6-14)33(30,31)19-12-25-22(27-21(19)29)32-13-20(28)26-18-11-15(23)7-10-17(18)24/h5-11,19,22,25H,2-4,12-13H2,1H3,(H,26,28)(H,27,29). The largest absolute Gasteiger partial charge is 0.331 e. The van der Waals surface area contributed by atoms with E-state index in [0.29, 0.717) is 0 Å². The number of anilines is 1. The van der Waals surface area contributed by atoms with Crippen LogP contribution < -0.4 is 16.0 Å². The number of carbonyl (C=O) groups is 2. The molecule has 1 heterocycles. The van der Waals surface area contributed by atoms with Crippen molar-refractivity contribution in [2.45, 2.75) is 41.8 Å². The molecule has 1 saturated heterocycles. The van der Waals surface area contributed by atoms with Crippen molar-refractivity contribution >= 4 is 39.1 Å². The lowest BCUT2D eigenvalue weighted by atomic mass is 10.1. The van der Waals surface area contributed by atoms with Crippen LogP contribution in [0, 0.1) is 11.6 Å². The van der Waals surface area contributed by atoms with Gasteiger partial charge in [0.2, 0.25) is 11.8 Å². The lowest BCUT2D eigenvalue weighted by Crippen LogP contribution is -2.59. The first kappa shape index (κ1) is 25.1. The minimum absolute atomic E-state index is 0.0762. The summed E-state index contributed by atoms with van der Waals surface area (Å²) in [6, 6.07) is 9.26. The number of sulfone groups is 1. The molecular weight excluding hydrogens is 472 g/mol. The maximum absolute atomic E-state index is 13.6. The molecule has 2 aromatic rings. The fourth-order valence-electron chi connectivity index (χ4n) is 3.26. The zero-order valence-corrected chi connectivity index (χ0v) is 19.6. The van der Waals surface area contributed by atoms with Gasteiger partial charge in [0, 0.05) is 12.6 Å². The van der Waals surface area contributed by atoms with E-state index in [-0.39, 0.29) is 22.9 Å². The van der Waals surface area contributed by atoms with Crippen LogP contribution in [0.15, 0.2) is 47.4 Å². The molecule has 7 nitrogen and oxygen atoms in total. The van der Waals surface area contributed by atoms with Gasteiger partial charge in [0.05, 0.1) is 16.3 Å². The van der Waals surface area contributed by atoms with Crippen LogP contribution in [0.25, 0.3) is 0 Å². The number of halogens is 2. The van der Waals surface area contributed by atoms with E-state index in [9.17, 15) is 26.8 Å². The molecule has 1 fully saturated rings. The van der Waals surface area contributed by atoms with Gasteiger partial charge in [0.15, 0.2) is 15.1 Å². The molecule has 2 amide bonds. The van der Waals surface area contributed by atoms with E-state index in [4.69, 9.17) is 0 Å². The second kappa shape index (κ2) is 11.1. The number of amides is 2. The number of carbonyl (C=O) groups excluding carboxylic acids is 2. The van der Waals surface area contributed by atoms with E-state index >= 15 is 0 Å². The van der Waals surface area contributed by atoms with Crippen molar-refractivity contribution in [3.63, 3.8) is 0 Å². The SMILES string of the molecule is CCCCc1ccc(S(=O)(=O)C2CNC(SCC(=O)Nc3cc(F)ccc3F)NC2=O)cc1. The molecule has 178 valence electrons. The highest BCUT2D eigenvalue weighted by Gasteiger charge is 2.38. The summed E-state index contributed by atoms with van der Waals surface area (Å²) < 4.78 is 52.7. The van der Waals surface area contributed by atoms with E-state index in [1.807, 2.05) is 0 Å². The highest BCUT2D eigenvalue weighted by atomic mass is 32.2. The Kier molecular flexibility index (Phi) is 8.44. The van der Waals surface area contributed by atoms with Crippen molar-refractivity contribution in [3.05, 3.63) is 59.7 Å². The van der Waals surface area contributed by atoms with Crippen LogP contribution in [0.5, 0.6) is 0 Å². The molecule has 2 aromatic carbocycles. The summed E-state index contributed by atoms with van der Waals surface area (Å²) >= 11 is 0.990. The third kappa shape index (κ3) is 6.52. The summed E-state index contributed by atoms with van der Waals surface area (Å²) in [7, 11) is -3.89. The molecular formula is C22H25F2N3O4S2. The number of hydrogen-bond donors (Lipinski definition) is 3. The first-order chi connectivity index (χ1) is 15.7. The van der Waals surface area contributed by atoms with E-state index in [1.165, 1.54) is 12.1 Å². The van der Waals surface area contributed by atoms with Crippen LogP contribution in [0.4, 0.5) is 14.5 Å². The van der Waals surface area contributed by atoms with Crippen molar-refractivity contribution < 1.29 is 26.8 Å². The van der Waals surface area contributed by atoms with Crippen LogP contribution in [0.1, 0.15) is 25.3 Å². The molecule has 0 radical (unpaired) electrons. The Bertz CT molecular complexity index is 1110. The highest BCUT2D eigenvalue weighted by molar-refractivity contribution is 8.00. The number of thioether (sulfide) groups is 1. The van der Waals surface area contributed by atoms with Crippen LogP contribution in [-0.2, 0) is 25.8 Å². The summed E-state index contributed by atoms with van der Waals surface area (Å²) in [6.45, 7) is 1.96. The highest BCUT2D eigenvalue weighted by Crippen LogP contribution is 2.21. The molecule has 0 aliphatic carbocycles. The van der Waals surface area contributed by atoms with Gasteiger partial charge in [-0.25, -0.2) is 17.2 Å². The zero-order chi connectivity index (χ0) is 24.0. The van der Waals surface area contributed by atoms with Gasteiger partial charge in [-0.15, -0.1) is 11.8 Å². The Hall–Kier alpha value is -2.50. The molecule has 2 unspecified atom stereocenters. The topological polar surface area (TPSA) is 104 Å². The minimum Gasteiger partial charge on any atom is -0.331 e. The second-order valence-corrected chi connectivity index (χ2v) is 10.8. The van der Waals surface area contributed by atoms with Crippen LogP contribution in [-0.4, -0.2) is 43.3 Å². The normalized spacial score (nSPS) is 18.6. The average Bonchev–Trinajstić information content (AvgIpc) is 2.79. The predicted molar refractivity (Wildman–Crippen MR) is 123 cm³/mol. The van der Waals surface area contributed by atoms with E-state index in [1.54, 1.807) is 12.1 Å². The van der Waals surface area contributed by atoms with Crippen molar-refractivity contribution in [1.29, 1.82) is 0 Å². The molecule has 0 aromatic heterocycles. The van der Waals surface area contributed by atoms with Gasteiger partial charge in [-0.05, 0) is 42.7 Å². The molecule has 3 N–H and O–H groups in total. The van der Waals surface area contributed by atoms with Gasteiger partial charge in [0.1, 0.15) is 17.1 Å². The number of benzene rings is 2. The fourth-order valence-corrected chi connectivity index (χ4v) is 5.57. The Morgan fingerprint density at radius 1 is 1.18 bits per heavy atom. The average molecular weight is 498 g/mol. The van der Waals surface area contributed by atoms with E-state index < -0.39 is 44.0 Å². The summed E-state index contributed by atoms with van der Waals surface area (Å²) in [5.74, 6) is -2.91. The first-order valence-electron chi connectivity index (χ1n) is 10.4. The maximum atomic E-state index is 13.6. The van der Waals surface area contributed by atoms with E-state index in [0.717, 1.165) is 54.8 Å². The number of unbranched alkanes of at least 4 members (excludes halogenated alkanes) is 1. The van der Waals surface area contributed by atoms with Crippen LogP contribution in [0.3, 0.4) is 0 Å². The number of aryl methyl sites for hydroxylation is 1. The number of rotatable bonds is 9. The lowest BCUT2D eigenvalue weighted by molar-refractivity contribution is -0.122. The Morgan fingerprint density at radius 2 is 1.91 bits per heavy atom. The van der Waals surface area contributed by atoms with Crippen molar-refractivity contribution in [1.82, 2.24) is 10.6 Å². The Morgan fingerprint density at radius 3 is 2.58 bits per heavy atom.